The highest BCUT2D eigenvalue weighted by molar-refractivity contribution is 5.60. The topological polar surface area (TPSA) is 65.4 Å². The smallest absolute Gasteiger partial charge is 0.168 e. The van der Waals surface area contributed by atoms with Crippen molar-refractivity contribution in [3.05, 3.63) is 35.9 Å². The van der Waals surface area contributed by atoms with Crippen LogP contribution in [-0.4, -0.2) is 15.0 Å². The summed E-state index contributed by atoms with van der Waals surface area (Å²) in [6.07, 6.45) is 1.69. The SMILES string of the molecule is Cc1nc(C#N)c(-c2ccccn2)[nH]1. The summed E-state index contributed by atoms with van der Waals surface area (Å²) < 4.78 is 0. The molecule has 0 aliphatic heterocycles. The maximum atomic E-state index is 8.83. The number of pyridine rings is 1. The first-order valence-corrected chi connectivity index (χ1v) is 4.19. The summed E-state index contributed by atoms with van der Waals surface area (Å²) in [5.41, 5.74) is 1.82. The van der Waals surface area contributed by atoms with Crippen LogP contribution >= 0.6 is 0 Å². The van der Waals surface area contributed by atoms with Crippen LogP contribution in [-0.2, 0) is 0 Å². The molecule has 0 aliphatic carbocycles. The molecule has 0 saturated carbocycles. The molecule has 2 aromatic heterocycles. The molecule has 2 rings (SSSR count). The maximum Gasteiger partial charge on any atom is 0.168 e. The number of aromatic amines is 1. The van der Waals surface area contributed by atoms with Gasteiger partial charge in [0.25, 0.3) is 0 Å². The van der Waals surface area contributed by atoms with Crippen molar-refractivity contribution in [2.45, 2.75) is 6.92 Å². The monoisotopic (exact) mass is 184 g/mol. The van der Waals surface area contributed by atoms with Crippen molar-refractivity contribution in [2.24, 2.45) is 0 Å². The Balaban J connectivity index is 2.58. The molecule has 0 atom stereocenters. The number of hydrogen-bond acceptors (Lipinski definition) is 3. The first-order valence-electron chi connectivity index (χ1n) is 4.19. The van der Waals surface area contributed by atoms with Gasteiger partial charge < -0.3 is 4.98 Å². The molecule has 0 aromatic carbocycles. The van der Waals surface area contributed by atoms with Crippen LogP contribution in [0.4, 0.5) is 0 Å². The number of nitrogens with zero attached hydrogens (tertiary/aromatic N) is 3. The first-order chi connectivity index (χ1) is 6.81. The Morgan fingerprint density at radius 2 is 2.29 bits per heavy atom. The molecule has 1 N–H and O–H groups in total. The number of rotatable bonds is 1. The van der Waals surface area contributed by atoms with Gasteiger partial charge in [0, 0.05) is 6.20 Å². The number of hydrogen-bond donors (Lipinski definition) is 1. The van der Waals surface area contributed by atoms with Crippen LogP contribution in [0.5, 0.6) is 0 Å². The van der Waals surface area contributed by atoms with Gasteiger partial charge in [-0.25, -0.2) is 4.98 Å². The molecule has 4 heteroatoms. The molecule has 2 heterocycles. The molecule has 0 amide bonds. The van der Waals surface area contributed by atoms with Gasteiger partial charge in [-0.15, -0.1) is 0 Å². The summed E-state index contributed by atoms with van der Waals surface area (Å²) in [4.78, 5) is 11.2. The number of aryl methyl sites for hydroxylation is 1. The van der Waals surface area contributed by atoms with E-state index in [1.165, 1.54) is 0 Å². The summed E-state index contributed by atoms with van der Waals surface area (Å²) in [6.45, 7) is 1.81. The van der Waals surface area contributed by atoms with Crippen LogP contribution in [0.3, 0.4) is 0 Å². The Bertz CT molecular complexity index is 479. The minimum atomic E-state index is 0.390. The summed E-state index contributed by atoms with van der Waals surface area (Å²) in [7, 11) is 0. The molecule has 0 unspecified atom stereocenters. The van der Waals surface area contributed by atoms with Gasteiger partial charge in [0.05, 0.1) is 5.69 Å². The van der Waals surface area contributed by atoms with Crippen molar-refractivity contribution >= 4 is 0 Å². The zero-order valence-electron chi connectivity index (χ0n) is 7.65. The predicted octanol–water partition coefficient (Wildman–Crippen LogP) is 1.65. The van der Waals surface area contributed by atoms with E-state index in [4.69, 9.17) is 5.26 Å². The van der Waals surface area contributed by atoms with E-state index in [0.717, 1.165) is 11.5 Å². The van der Waals surface area contributed by atoms with Gasteiger partial charge in [-0.1, -0.05) is 6.07 Å². The lowest BCUT2D eigenvalue weighted by atomic mass is 10.2. The second kappa shape index (κ2) is 3.30. The summed E-state index contributed by atoms with van der Waals surface area (Å²) in [5.74, 6) is 0.724. The minimum Gasteiger partial charge on any atom is -0.340 e. The van der Waals surface area contributed by atoms with Gasteiger partial charge in [-0.2, -0.15) is 5.26 Å². The molecule has 0 bridgehead atoms. The molecule has 0 radical (unpaired) electrons. The molecule has 4 nitrogen and oxygen atoms in total. The molecule has 0 fully saturated rings. The second-order valence-electron chi connectivity index (χ2n) is 2.87. The van der Waals surface area contributed by atoms with Crippen LogP contribution in [0, 0.1) is 18.3 Å². The third-order valence-corrected chi connectivity index (χ3v) is 1.85. The standard InChI is InChI=1S/C10H8N4/c1-7-13-9(6-11)10(14-7)8-4-2-3-5-12-8/h2-5H,1H3,(H,13,14). The van der Waals surface area contributed by atoms with Crippen LogP contribution in [0.1, 0.15) is 11.5 Å². The number of nitriles is 1. The average molecular weight is 184 g/mol. The number of H-pyrrole nitrogens is 1. The molecule has 0 spiro atoms. The lowest BCUT2D eigenvalue weighted by molar-refractivity contribution is 1.14. The van der Waals surface area contributed by atoms with Crippen molar-refractivity contribution in [3.8, 4) is 17.5 Å². The predicted molar refractivity (Wildman–Crippen MR) is 51.3 cm³/mol. The van der Waals surface area contributed by atoms with E-state index in [-0.39, 0.29) is 0 Å². The number of imidazole rings is 1. The van der Waals surface area contributed by atoms with Gasteiger partial charge in [-0.05, 0) is 19.1 Å². The molecule has 14 heavy (non-hydrogen) atoms. The highest BCUT2D eigenvalue weighted by atomic mass is 14.9. The summed E-state index contributed by atoms with van der Waals surface area (Å²) >= 11 is 0. The zero-order chi connectivity index (χ0) is 9.97. The summed E-state index contributed by atoms with van der Waals surface area (Å²) in [6, 6.07) is 7.58. The normalized spacial score (nSPS) is 9.71. The number of nitrogens with one attached hydrogen (secondary N) is 1. The third-order valence-electron chi connectivity index (χ3n) is 1.85. The largest absolute Gasteiger partial charge is 0.340 e. The van der Waals surface area contributed by atoms with Crippen molar-refractivity contribution in [1.82, 2.24) is 15.0 Å². The van der Waals surface area contributed by atoms with Crippen molar-refractivity contribution in [3.63, 3.8) is 0 Å². The van der Waals surface area contributed by atoms with Crippen molar-refractivity contribution in [2.75, 3.05) is 0 Å². The van der Waals surface area contributed by atoms with E-state index in [1.807, 2.05) is 31.2 Å². The molecular formula is C10H8N4. The van der Waals surface area contributed by atoms with Gasteiger partial charge in [0.15, 0.2) is 5.69 Å². The molecule has 0 saturated heterocycles. The van der Waals surface area contributed by atoms with Crippen LogP contribution in [0.2, 0.25) is 0 Å². The lowest BCUT2D eigenvalue weighted by Crippen LogP contribution is -1.85. The first kappa shape index (κ1) is 8.45. The quantitative estimate of drug-likeness (QED) is 0.732. The summed E-state index contributed by atoms with van der Waals surface area (Å²) in [5, 5.41) is 8.83. The van der Waals surface area contributed by atoms with Gasteiger partial charge in [-0.3, -0.25) is 4.98 Å². The highest BCUT2D eigenvalue weighted by Gasteiger charge is 2.09. The fourth-order valence-corrected chi connectivity index (χ4v) is 1.27. The second-order valence-corrected chi connectivity index (χ2v) is 2.87. The van der Waals surface area contributed by atoms with Crippen LogP contribution in [0.25, 0.3) is 11.4 Å². The third kappa shape index (κ3) is 1.36. The van der Waals surface area contributed by atoms with Crippen LogP contribution in [0.15, 0.2) is 24.4 Å². The van der Waals surface area contributed by atoms with Crippen molar-refractivity contribution in [1.29, 1.82) is 5.26 Å². The van der Waals surface area contributed by atoms with E-state index in [2.05, 4.69) is 15.0 Å². The lowest BCUT2D eigenvalue weighted by Gasteiger charge is -1.94. The van der Waals surface area contributed by atoms with E-state index in [9.17, 15) is 0 Å². The maximum absolute atomic E-state index is 8.83. The Labute approximate surface area is 81.3 Å². The number of aromatic nitrogens is 3. The van der Waals surface area contributed by atoms with E-state index >= 15 is 0 Å². The fraction of sp³-hybridized carbons (Fsp3) is 0.100. The average Bonchev–Trinajstić information content (AvgIpc) is 2.61. The van der Waals surface area contributed by atoms with E-state index in [0.29, 0.717) is 11.4 Å². The van der Waals surface area contributed by atoms with Gasteiger partial charge in [0.2, 0.25) is 0 Å². The highest BCUT2D eigenvalue weighted by Crippen LogP contribution is 2.17. The Morgan fingerprint density at radius 1 is 1.43 bits per heavy atom. The van der Waals surface area contributed by atoms with E-state index in [1.54, 1.807) is 6.20 Å². The fourth-order valence-electron chi connectivity index (χ4n) is 1.27. The Hall–Kier alpha value is -2.15. The van der Waals surface area contributed by atoms with E-state index < -0.39 is 0 Å². The molecule has 0 aliphatic rings. The van der Waals surface area contributed by atoms with Gasteiger partial charge in [0.1, 0.15) is 17.6 Å². The Morgan fingerprint density at radius 3 is 2.93 bits per heavy atom. The molecule has 68 valence electrons. The molecular weight excluding hydrogens is 176 g/mol. The van der Waals surface area contributed by atoms with Gasteiger partial charge >= 0.3 is 0 Å². The van der Waals surface area contributed by atoms with Crippen molar-refractivity contribution < 1.29 is 0 Å². The minimum absolute atomic E-state index is 0.390. The molecule has 2 aromatic rings. The van der Waals surface area contributed by atoms with Crippen LogP contribution < -0.4 is 0 Å². The Kier molecular flexibility index (Phi) is 1.99. The zero-order valence-corrected chi connectivity index (χ0v) is 7.65.